The van der Waals surface area contributed by atoms with Gasteiger partial charge < -0.3 is 5.32 Å². The first kappa shape index (κ1) is 13.5. The summed E-state index contributed by atoms with van der Waals surface area (Å²) in [5, 5.41) is 12.3. The molecular formula is C15H20N2S. The minimum absolute atomic E-state index is 0.822. The van der Waals surface area contributed by atoms with Crippen LogP contribution in [0.5, 0.6) is 0 Å². The maximum atomic E-state index is 9.22. The van der Waals surface area contributed by atoms with Gasteiger partial charge >= 0.3 is 0 Å². The highest BCUT2D eigenvalue weighted by atomic mass is 32.2. The van der Waals surface area contributed by atoms with Crippen molar-refractivity contribution in [2.45, 2.75) is 37.1 Å². The Morgan fingerprint density at radius 3 is 2.83 bits per heavy atom. The summed E-state index contributed by atoms with van der Waals surface area (Å²) in [6.45, 7) is 0.822. The van der Waals surface area contributed by atoms with E-state index in [0.29, 0.717) is 0 Å². The van der Waals surface area contributed by atoms with Gasteiger partial charge in [-0.3, -0.25) is 0 Å². The summed E-state index contributed by atoms with van der Waals surface area (Å²) in [4.78, 5) is 1.14. The number of benzene rings is 1. The van der Waals surface area contributed by atoms with Gasteiger partial charge in [0.05, 0.1) is 5.56 Å². The lowest BCUT2D eigenvalue weighted by molar-refractivity contribution is 0.623. The molecule has 1 aromatic carbocycles. The molecule has 2 nitrogen and oxygen atoms in total. The summed E-state index contributed by atoms with van der Waals surface area (Å²) in [5.74, 6) is 2.03. The van der Waals surface area contributed by atoms with Crippen molar-refractivity contribution >= 4 is 11.8 Å². The van der Waals surface area contributed by atoms with Crippen LogP contribution in [0.15, 0.2) is 23.1 Å². The molecule has 18 heavy (non-hydrogen) atoms. The molecule has 1 saturated carbocycles. The van der Waals surface area contributed by atoms with Crippen molar-refractivity contribution in [2.24, 2.45) is 5.92 Å². The van der Waals surface area contributed by atoms with E-state index < -0.39 is 0 Å². The second-order valence-corrected chi connectivity index (χ2v) is 6.00. The molecule has 1 fully saturated rings. The van der Waals surface area contributed by atoms with Crippen molar-refractivity contribution in [2.75, 3.05) is 12.8 Å². The number of thioether (sulfide) groups is 1. The highest BCUT2D eigenvalue weighted by molar-refractivity contribution is 7.99. The molecule has 1 aliphatic rings. The fraction of sp³-hybridized carbons (Fsp3) is 0.533. The molecule has 0 radical (unpaired) electrons. The SMILES string of the molecule is CNCc1ccc(SCC2CCCC2)c(C#N)c1. The third-order valence-electron chi connectivity index (χ3n) is 3.49. The first-order valence-corrected chi connectivity index (χ1v) is 7.62. The molecule has 96 valence electrons. The summed E-state index contributed by atoms with van der Waals surface area (Å²) in [6, 6.07) is 8.55. The quantitative estimate of drug-likeness (QED) is 0.822. The van der Waals surface area contributed by atoms with Crippen molar-refractivity contribution in [1.82, 2.24) is 5.32 Å². The predicted octanol–water partition coefficient (Wildman–Crippen LogP) is 3.56. The Bertz CT molecular complexity index is 431. The number of nitrogens with one attached hydrogen (secondary N) is 1. The third-order valence-corrected chi connectivity index (χ3v) is 4.80. The Morgan fingerprint density at radius 2 is 2.17 bits per heavy atom. The fourth-order valence-electron chi connectivity index (χ4n) is 2.49. The van der Waals surface area contributed by atoms with E-state index in [4.69, 9.17) is 0 Å². The molecule has 0 saturated heterocycles. The van der Waals surface area contributed by atoms with Gasteiger partial charge in [-0.1, -0.05) is 18.9 Å². The predicted molar refractivity (Wildman–Crippen MR) is 76.6 cm³/mol. The van der Waals surface area contributed by atoms with Gasteiger partial charge in [0, 0.05) is 17.2 Å². The molecule has 0 heterocycles. The monoisotopic (exact) mass is 260 g/mol. The lowest BCUT2D eigenvalue weighted by atomic mass is 10.1. The average molecular weight is 260 g/mol. The molecular weight excluding hydrogens is 240 g/mol. The summed E-state index contributed by atoms with van der Waals surface area (Å²) in [6.07, 6.45) is 5.51. The van der Waals surface area contributed by atoms with Crippen molar-refractivity contribution in [3.05, 3.63) is 29.3 Å². The molecule has 0 atom stereocenters. The molecule has 1 aromatic rings. The van der Waals surface area contributed by atoms with Gasteiger partial charge in [0.25, 0.3) is 0 Å². The van der Waals surface area contributed by atoms with Crippen molar-refractivity contribution in [1.29, 1.82) is 5.26 Å². The van der Waals surface area contributed by atoms with Crippen LogP contribution in [0.2, 0.25) is 0 Å². The maximum Gasteiger partial charge on any atom is 0.100 e. The molecule has 1 aliphatic carbocycles. The molecule has 0 aliphatic heterocycles. The molecule has 0 aromatic heterocycles. The van der Waals surface area contributed by atoms with Crippen LogP contribution >= 0.6 is 11.8 Å². The smallest absolute Gasteiger partial charge is 0.100 e. The van der Waals surface area contributed by atoms with E-state index in [1.807, 2.05) is 24.9 Å². The summed E-state index contributed by atoms with van der Waals surface area (Å²) in [5.41, 5.74) is 2.00. The second-order valence-electron chi connectivity index (χ2n) is 4.93. The zero-order valence-electron chi connectivity index (χ0n) is 10.9. The van der Waals surface area contributed by atoms with Crippen LogP contribution < -0.4 is 5.32 Å². The highest BCUT2D eigenvalue weighted by Crippen LogP contribution is 2.32. The number of rotatable bonds is 5. The molecule has 0 amide bonds. The Morgan fingerprint density at radius 1 is 1.39 bits per heavy atom. The van der Waals surface area contributed by atoms with E-state index in [0.717, 1.165) is 22.9 Å². The van der Waals surface area contributed by atoms with Gasteiger partial charge in [-0.15, -0.1) is 11.8 Å². The first-order valence-electron chi connectivity index (χ1n) is 6.64. The topological polar surface area (TPSA) is 35.8 Å². The van der Waals surface area contributed by atoms with E-state index in [-0.39, 0.29) is 0 Å². The van der Waals surface area contributed by atoms with E-state index in [1.165, 1.54) is 37.0 Å². The minimum atomic E-state index is 0.822. The van der Waals surface area contributed by atoms with Crippen LogP contribution in [0.25, 0.3) is 0 Å². The molecule has 0 spiro atoms. The second kappa shape index (κ2) is 6.82. The van der Waals surface area contributed by atoms with Crippen LogP contribution in [0.4, 0.5) is 0 Å². The molecule has 3 heteroatoms. The van der Waals surface area contributed by atoms with Crippen LogP contribution in [-0.4, -0.2) is 12.8 Å². The normalized spacial score (nSPS) is 15.8. The van der Waals surface area contributed by atoms with Crippen molar-refractivity contribution < 1.29 is 0 Å². The van der Waals surface area contributed by atoms with Gasteiger partial charge in [0.1, 0.15) is 6.07 Å². The van der Waals surface area contributed by atoms with Gasteiger partial charge in [-0.05, 0) is 43.5 Å². The third kappa shape index (κ3) is 3.51. The van der Waals surface area contributed by atoms with Crippen molar-refractivity contribution in [3.8, 4) is 6.07 Å². The summed E-state index contributed by atoms with van der Waals surface area (Å²) >= 11 is 1.85. The van der Waals surface area contributed by atoms with E-state index in [2.05, 4.69) is 23.5 Å². The van der Waals surface area contributed by atoms with Gasteiger partial charge in [0.15, 0.2) is 0 Å². The fourth-order valence-corrected chi connectivity index (χ4v) is 3.66. The minimum Gasteiger partial charge on any atom is -0.316 e. The number of hydrogen-bond donors (Lipinski definition) is 1. The van der Waals surface area contributed by atoms with Crippen LogP contribution in [0.1, 0.15) is 36.8 Å². The first-order chi connectivity index (χ1) is 8.83. The van der Waals surface area contributed by atoms with Gasteiger partial charge in [-0.2, -0.15) is 5.26 Å². The zero-order chi connectivity index (χ0) is 12.8. The summed E-state index contributed by atoms with van der Waals surface area (Å²) in [7, 11) is 1.93. The van der Waals surface area contributed by atoms with E-state index in [1.54, 1.807) is 0 Å². The Kier molecular flexibility index (Phi) is 5.10. The highest BCUT2D eigenvalue weighted by Gasteiger charge is 2.15. The number of nitriles is 1. The maximum absolute atomic E-state index is 9.22. The number of hydrogen-bond acceptors (Lipinski definition) is 3. The standard InChI is InChI=1S/C15H20N2S/c1-17-10-13-6-7-15(14(8-13)9-16)18-11-12-4-2-3-5-12/h6-8,12,17H,2-5,10-11H2,1H3. The zero-order valence-corrected chi connectivity index (χ0v) is 11.7. The van der Waals surface area contributed by atoms with Crippen LogP contribution in [0.3, 0.4) is 0 Å². The summed E-state index contributed by atoms with van der Waals surface area (Å²) < 4.78 is 0. The largest absolute Gasteiger partial charge is 0.316 e. The molecule has 1 N–H and O–H groups in total. The molecule has 2 rings (SSSR count). The van der Waals surface area contributed by atoms with Crippen LogP contribution in [0, 0.1) is 17.2 Å². The van der Waals surface area contributed by atoms with Gasteiger partial charge in [-0.25, -0.2) is 0 Å². The lowest BCUT2D eigenvalue weighted by Crippen LogP contribution is -2.05. The number of nitrogens with zero attached hydrogens (tertiary/aromatic N) is 1. The average Bonchev–Trinajstić information content (AvgIpc) is 2.90. The molecule has 0 unspecified atom stereocenters. The molecule has 0 bridgehead atoms. The van der Waals surface area contributed by atoms with Crippen LogP contribution in [-0.2, 0) is 6.54 Å². The Balaban J connectivity index is 2.00. The Labute approximate surface area is 114 Å². The van der Waals surface area contributed by atoms with Crippen molar-refractivity contribution in [3.63, 3.8) is 0 Å². The Hall–Kier alpha value is -0.980. The van der Waals surface area contributed by atoms with E-state index in [9.17, 15) is 5.26 Å². The van der Waals surface area contributed by atoms with Gasteiger partial charge in [0.2, 0.25) is 0 Å². The van der Waals surface area contributed by atoms with E-state index >= 15 is 0 Å². The lowest BCUT2D eigenvalue weighted by Gasteiger charge is -2.10.